The van der Waals surface area contributed by atoms with Crippen LogP contribution in [0.4, 0.5) is 0 Å². The summed E-state index contributed by atoms with van der Waals surface area (Å²) in [5, 5.41) is 32.6. The van der Waals surface area contributed by atoms with Crippen molar-refractivity contribution in [1.29, 1.82) is 0 Å². The average molecular weight is 459 g/mol. The van der Waals surface area contributed by atoms with Gasteiger partial charge in [0.25, 0.3) is 0 Å². The topological polar surface area (TPSA) is 60.7 Å². The Kier molecular flexibility index (Phi) is 5.23. The number of aliphatic hydroxyl groups is 3. The van der Waals surface area contributed by atoms with Crippen LogP contribution in [0.2, 0.25) is 0 Å². The first-order valence-corrected chi connectivity index (χ1v) is 13.9. The smallest absolute Gasteiger partial charge is 0.0618 e. The Balaban J connectivity index is 1.58. The maximum Gasteiger partial charge on any atom is 0.0618 e. The largest absolute Gasteiger partial charge is 0.396 e. The van der Waals surface area contributed by atoms with Crippen LogP contribution in [0, 0.1) is 50.2 Å². The molecule has 4 saturated carbocycles. The van der Waals surface area contributed by atoms with Crippen molar-refractivity contribution in [3.8, 4) is 0 Å². The zero-order valence-corrected chi connectivity index (χ0v) is 22.4. The van der Waals surface area contributed by atoms with Crippen LogP contribution in [0.25, 0.3) is 0 Å². The minimum atomic E-state index is -0.392. The lowest BCUT2D eigenvalue weighted by Crippen LogP contribution is -2.66. The van der Waals surface area contributed by atoms with E-state index in [4.69, 9.17) is 0 Å². The van der Waals surface area contributed by atoms with Gasteiger partial charge in [-0.2, -0.15) is 0 Å². The monoisotopic (exact) mass is 458 g/mol. The van der Waals surface area contributed by atoms with Gasteiger partial charge < -0.3 is 15.3 Å². The highest BCUT2D eigenvalue weighted by Gasteiger charge is 2.69. The molecule has 188 valence electrons. The SMILES string of the molecule is CC1(C)C[C@@H](O)[C@]2(C)CC[C@]3(C)C(=CCC4[C@@]5(C)CC[C@H](O)[C@](C)(CO)C5CC[C@]43C)[C@@H]2C1. The lowest BCUT2D eigenvalue weighted by molar-refractivity contribution is -0.218. The van der Waals surface area contributed by atoms with Gasteiger partial charge in [0.05, 0.1) is 18.8 Å². The fourth-order valence-electron chi connectivity index (χ4n) is 10.7. The molecule has 2 unspecified atom stereocenters. The number of hydrogen-bond acceptors (Lipinski definition) is 3. The minimum absolute atomic E-state index is 0.00950. The van der Waals surface area contributed by atoms with Crippen LogP contribution < -0.4 is 0 Å². The van der Waals surface area contributed by atoms with Crippen LogP contribution in [0.1, 0.15) is 106 Å². The molecular formula is C30H50O3. The molecule has 5 rings (SSSR count). The summed E-state index contributed by atoms with van der Waals surface area (Å²) in [7, 11) is 0. The standard InChI is InChI=1S/C30H50O3/c1-25(2)16-20-19-8-9-22-27(4)12-11-23(32)28(5,18-31)21(27)10-13-30(22,7)29(19,6)15-14-26(20,3)24(33)17-25/h8,20-24,31-33H,9-18H2,1-7H3/t20-,21?,22?,23-,24+,26+,27-,28+,29+,30+/m0/s1. The fourth-order valence-corrected chi connectivity index (χ4v) is 10.7. The summed E-state index contributed by atoms with van der Waals surface area (Å²) in [5.74, 6) is 1.44. The summed E-state index contributed by atoms with van der Waals surface area (Å²) >= 11 is 0. The van der Waals surface area contributed by atoms with Gasteiger partial charge in [0, 0.05) is 10.8 Å². The molecular weight excluding hydrogens is 408 g/mol. The van der Waals surface area contributed by atoms with Crippen molar-refractivity contribution in [3.63, 3.8) is 0 Å². The van der Waals surface area contributed by atoms with Crippen LogP contribution in [0.3, 0.4) is 0 Å². The van der Waals surface area contributed by atoms with Crippen molar-refractivity contribution in [2.45, 2.75) is 118 Å². The van der Waals surface area contributed by atoms with Crippen LogP contribution in [-0.2, 0) is 0 Å². The van der Waals surface area contributed by atoms with Gasteiger partial charge in [-0.25, -0.2) is 0 Å². The second-order valence-electron chi connectivity index (χ2n) is 15.2. The normalized spacial score (nSPS) is 57.8. The van der Waals surface area contributed by atoms with E-state index in [1.54, 1.807) is 5.57 Å². The molecule has 0 aliphatic heterocycles. The van der Waals surface area contributed by atoms with Crippen molar-refractivity contribution >= 4 is 0 Å². The molecule has 10 atom stereocenters. The number of rotatable bonds is 1. The van der Waals surface area contributed by atoms with Gasteiger partial charge in [-0.1, -0.05) is 60.1 Å². The zero-order chi connectivity index (χ0) is 24.2. The molecule has 3 N–H and O–H groups in total. The summed E-state index contributed by atoms with van der Waals surface area (Å²) in [6.45, 7) is 17.0. The third-order valence-electron chi connectivity index (χ3n) is 13.2. The molecule has 0 aromatic carbocycles. The zero-order valence-electron chi connectivity index (χ0n) is 22.4. The van der Waals surface area contributed by atoms with Crippen molar-refractivity contribution in [2.75, 3.05) is 6.61 Å². The van der Waals surface area contributed by atoms with Crippen LogP contribution in [0.5, 0.6) is 0 Å². The van der Waals surface area contributed by atoms with Gasteiger partial charge in [-0.3, -0.25) is 0 Å². The predicted molar refractivity (Wildman–Crippen MR) is 134 cm³/mol. The van der Waals surface area contributed by atoms with Crippen molar-refractivity contribution in [3.05, 3.63) is 11.6 Å². The molecule has 3 nitrogen and oxygen atoms in total. The van der Waals surface area contributed by atoms with Crippen LogP contribution in [-0.4, -0.2) is 34.1 Å². The molecule has 0 spiro atoms. The molecule has 0 radical (unpaired) electrons. The molecule has 3 heteroatoms. The Morgan fingerprint density at radius 2 is 1.48 bits per heavy atom. The highest BCUT2D eigenvalue weighted by Crippen LogP contribution is 2.75. The summed E-state index contributed by atoms with van der Waals surface area (Å²) in [4.78, 5) is 0. The van der Waals surface area contributed by atoms with Gasteiger partial charge in [-0.15, -0.1) is 0 Å². The number of fused-ring (bicyclic) bond motifs is 7. The van der Waals surface area contributed by atoms with E-state index >= 15 is 0 Å². The molecule has 5 aliphatic carbocycles. The molecule has 0 bridgehead atoms. The Morgan fingerprint density at radius 3 is 2.15 bits per heavy atom. The first-order valence-electron chi connectivity index (χ1n) is 13.9. The Labute approximate surface area is 202 Å². The first kappa shape index (κ1) is 24.3. The van der Waals surface area contributed by atoms with E-state index in [0.29, 0.717) is 17.8 Å². The Morgan fingerprint density at radius 1 is 0.788 bits per heavy atom. The number of hydrogen-bond donors (Lipinski definition) is 3. The molecule has 0 amide bonds. The van der Waals surface area contributed by atoms with E-state index in [9.17, 15) is 15.3 Å². The number of allylic oxidation sites excluding steroid dienone is 2. The van der Waals surface area contributed by atoms with Crippen molar-refractivity contribution in [1.82, 2.24) is 0 Å². The van der Waals surface area contributed by atoms with Crippen molar-refractivity contribution in [2.24, 2.45) is 50.2 Å². The maximum atomic E-state index is 11.3. The van der Waals surface area contributed by atoms with E-state index in [0.717, 1.165) is 38.5 Å². The molecule has 5 aliphatic rings. The van der Waals surface area contributed by atoms with Crippen LogP contribution in [0.15, 0.2) is 11.6 Å². The fraction of sp³-hybridized carbons (Fsp3) is 0.933. The summed E-state index contributed by atoms with van der Waals surface area (Å²) in [6, 6.07) is 0. The highest BCUT2D eigenvalue weighted by atomic mass is 16.3. The summed E-state index contributed by atoms with van der Waals surface area (Å²) < 4.78 is 0. The highest BCUT2D eigenvalue weighted by molar-refractivity contribution is 5.34. The van der Waals surface area contributed by atoms with E-state index < -0.39 is 6.10 Å². The predicted octanol–water partition coefficient (Wildman–Crippen LogP) is 6.11. The van der Waals surface area contributed by atoms with E-state index in [1.165, 1.54) is 19.3 Å². The summed E-state index contributed by atoms with van der Waals surface area (Å²) in [6.07, 6.45) is 11.7. The second kappa shape index (κ2) is 7.10. The average Bonchev–Trinajstić information content (AvgIpc) is 2.73. The third-order valence-corrected chi connectivity index (χ3v) is 13.2. The van der Waals surface area contributed by atoms with Gasteiger partial charge >= 0.3 is 0 Å². The molecule has 0 heterocycles. The van der Waals surface area contributed by atoms with Gasteiger partial charge in [0.2, 0.25) is 0 Å². The maximum absolute atomic E-state index is 11.3. The molecule has 4 fully saturated rings. The second-order valence-corrected chi connectivity index (χ2v) is 15.2. The van der Waals surface area contributed by atoms with Gasteiger partial charge in [-0.05, 0) is 97.2 Å². The molecule has 33 heavy (non-hydrogen) atoms. The Hall–Kier alpha value is -0.380. The van der Waals surface area contributed by atoms with Crippen LogP contribution >= 0.6 is 0 Å². The first-order chi connectivity index (χ1) is 15.2. The molecule has 0 saturated heterocycles. The Bertz CT molecular complexity index is 847. The summed E-state index contributed by atoms with van der Waals surface area (Å²) in [5.41, 5.74) is 2.04. The van der Waals surface area contributed by atoms with Crippen molar-refractivity contribution < 1.29 is 15.3 Å². The number of aliphatic hydroxyl groups excluding tert-OH is 3. The molecule has 0 aromatic rings. The lowest BCUT2D eigenvalue weighted by Gasteiger charge is -2.71. The van der Waals surface area contributed by atoms with Gasteiger partial charge in [0.1, 0.15) is 0 Å². The van der Waals surface area contributed by atoms with Gasteiger partial charge in [0.15, 0.2) is 0 Å². The van der Waals surface area contributed by atoms with E-state index in [2.05, 4.69) is 54.5 Å². The molecule has 0 aromatic heterocycles. The van der Waals surface area contributed by atoms with E-state index in [1.807, 2.05) is 0 Å². The van der Waals surface area contributed by atoms with E-state index in [-0.39, 0.29) is 45.2 Å². The third kappa shape index (κ3) is 2.91. The quantitative estimate of drug-likeness (QED) is 0.415. The minimum Gasteiger partial charge on any atom is -0.396 e. The lowest BCUT2D eigenvalue weighted by atomic mass is 9.33.